The Morgan fingerprint density at radius 2 is 1.86 bits per heavy atom. The van der Waals surface area contributed by atoms with Crippen LogP contribution in [0.4, 0.5) is 10.1 Å². The molecule has 0 unspecified atom stereocenters. The molecule has 0 bridgehead atoms. The molecular weight excluding hydrogens is 371 g/mol. The Kier molecular flexibility index (Phi) is 7.46. The van der Waals surface area contributed by atoms with Crippen LogP contribution in [-0.4, -0.2) is 61.7 Å². The Bertz CT molecular complexity index is 777. The highest BCUT2D eigenvalue weighted by atomic mass is 19.1. The second-order valence-electron chi connectivity index (χ2n) is 7.18. The van der Waals surface area contributed by atoms with Crippen LogP contribution < -0.4 is 15.5 Å². The highest BCUT2D eigenvalue weighted by Gasteiger charge is 2.17. The second-order valence-corrected chi connectivity index (χ2v) is 7.18. The fraction of sp³-hybridized carbons (Fsp3) is 0.524. The molecule has 1 aromatic heterocycles. The van der Waals surface area contributed by atoms with E-state index in [1.165, 1.54) is 12.1 Å². The van der Waals surface area contributed by atoms with Gasteiger partial charge in [0.15, 0.2) is 5.96 Å². The molecule has 158 valence electrons. The number of aromatic nitrogens is 1. The summed E-state index contributed by atoms with van der Waals surface area (Å²) in [4.78, 5) is 13.7. The normalized spacial score (nSPS) is 15.6. The lowest BCUT2D eigenvalue weighted by Crippen LogP contribution is -2.49. The van der Waals surface area contributed by atoms with Crippen molar-refractivity contribution in [1.29, 1.82) is 0 Å². The van der Waals surface area contributed by atoms with Crippen LogP contribution in [0.2, 0.25) is 0 Å². The number of halogens is 1. The van der Waals surface area contributed by atoms with E-state index in [0.29, 0.717) is 12.4 Å². The molecule has 2 aromatic rings. The molecule has 1 aliphatic heterocycles. The van der Waals surface area contributed by atoms with Crippen molar-refractivity contribution in [2.24, 2.45) is 4.99 Å². The van der Waals surface area contributed by atoms with Gasteiger partial charge < -0.3 is 20.0 Å². The number of guanidine groups is 1. The number of aryl methyl sites for hydroxylation is 2. The minimum atomic E-state index is -0.190. The third-order valence-corrected chi connectivity index (χ3v) is 5.07. The molecule has 0 saturated carbocycles. The zero-order chi connectivity index (χ0) is 20.6. The zero-order valence-corrected chi connectivity index (χ0v) is 17.5. The van der Waals surface area contributed by atoms with Crippen molar-refractivity contribution >= 4 is 11.6 Å². The van der Waals surface area contributed by atoms with E-state index in [0.717, 1.165) is 68.9 Å². The maximum Gasteiger partial charge on any atom is 0.216 e. The maximum absolute atomic E-state index is 13.1. The lowest BCUT2D eigenvalue weighted by atomic mass is 10.2. The Hall–Kier alpha value is -2.61. The van der Waals surface area contributed by atoms with E-state index in [9.17, 15) is 4.39 Å². The number of hydrogen-bond donors (Lipinski definition) is 2. The van der Waals surface area contributed by atoms with Crippen LogP contribution in [0.3, 0.4) is 0 Å². The monoisotopic (exact) mass is 402 g/mol. The number of anilines is 1. The van der Waals surface area contributed by atoms with E-state index in [4.69, 9.17) is 4.42 Å². The van der Waals surface area contributed by atoms with E-state index < -0.39 is 0 Å². The summed E-state index contributed by atoms with van der Waals surface area (Å²) in [7, 11) is 0. The molecule has 1 saturated heterocycles. The second kappa shape index (κ2) is 10.2. The van der Waals surface area contributed by atoms with Crippen LogP contribution in [0.25, 0.3) is 0 Å². The lowest BCUT2D eigenvalue weighted by molar-refractivity contribution is 0.261. The van der Waals surface area contributed by atoms with Crippen molar-refractivity contribution < 1.29 is 8.81 Å². The van der Waals surface area contributed by atoms with Crippen LogP contribution in [0, 0.1) is 19.7 Å². The number of nitrogens with one attached hydrogen (secondary N) is 2. The Morgan fingerprint density at radius 3 is 2.48 bits per heavy atom. The molecule has 0 amide bonds. The summed E-state index contributed by atoms with van der Waals surface area (Å²) in [6, 6.07) is 6.74. The first-order valence-electron chi connectivity index (χ1n) is 10.2. The summed E-state index contributed by atoms with van der Waals surface area (Å²) >= 11 is 0. The minimum absolute atomic E-state index is 0.190. The van der Waals surface area contributed by atoms with E-state index in [-0.39, 0.29) is 5.82 Å². The Labute approximate surface area is 172 Å². The molecule has 1 aromatic carbocycles. The van der Waals surface area contributed by atoms with Gasteiger partial charge in [0.25, 0.3) is 0 Å². The van der Waals surface area contributed by atoms with Gasteiger partial charge in [-0.3, -0.25) is 4.90 Å². The number of aliphatic imine (C=N–C) groups is 1. The van der Waals surface area contributed by atoms with Crippen LogP contribution >= 0.6 is 0 Å². The van der Waals surface area contributed by atoms with E-state index in [1.54, 1.807) is 0 Å². The van der Waals surface area contributed by atoms with Crippen molar-refractivity contribution in [3.63, 3.8) is 0 Å². The molecular formula is C21H31FN6O. The molecule has 0 atom stereocenters. The third kappa shape index (κ3) is 6.19. The zero-order valence-electron chi connectivity index (χ0n) is 17.5. The van der Waals surface area contributed by atoms with Crippen molar-refractivity contribution in [3.05, 3.63) is 47.4 Å². The van der Waals surface area contributed by atoms with Gasteiger partial charge in [0.05, 0.1) is 5.69 Å². The summed E-state index contributed by atoms with van der Waals surface area (Å²) in [6.45, 7) is 12.7. The summed E-state index contributed by atoms with van der Waals surface area (Å²) in [5, 5.41) is 6.64. The first-order valence-corrected chi connectivity index (χ1v) is 10.2. The van der Waals surface area contributed by atoms with Gasteiger partial charge in [0.2, 0.25) is 5.89 Å². The molecule has 8 heteroatoms. The molecule has 0 spiro atoms. The van der Waals surface area contributed by atoms with Gasteiger partial charge in [-0.05, 0) is 45.0 Å². The fourth-order valence-corrected chi connectivity index (χ4v) is 3.31. The highest BCUT2D eigenvalue weighted by Crippen LogP contribution is 2.16. The molecule has 7 nitrogen and oxygen atoms in total. The predicted molar refractivity (Wildman–Crippen MR) is 114 cm³/mol. The average molecular weight is 403 g/mol. The number of nitrogens with zero attached hydrogens (tertiary/aromatic N) is 4. The van der Waals surface area contributed by atoms with E-state index >= 15 is 0 Å². The number of benzene rings is 1. The smallest absolute Gasteiger partial charge is 0.216 e. The van der Waals surface area contributed by atoms with Crippen molar-refractivity contribution in [3.8, 4) is 0 Å². The highest BCUT2D eigenvalue weighted by molar-refractivity contribution is 5.79. The molecule has 2 heterocycles. The van der Waals surface area contributed by atoms with Gasteiger partial charge in [0, 0.05) is 51.5 Å². The summed E-state index contributed by atoms with van der Waals surface area (Å²) < 4.78 is 18.7. The number of hydrogen-bond acceptors (Lipinski definition) is 5. The standard InChI is InChI=1S/C21H31FN6O/c1-4-23-21(25-15-20-26-16(2)17(3)29-20)24-9-10-27-11-13-28(14-12-27)19-7-5-18(22)6-8-19/h5-8H,4,9-15H2,1-3H3,(H2,23,24,25). The Balaban J connectivity index is 1.41. The fourth-order valence-electron chi connectivity index (χ4n) is 3.31. The van der Waals surface area contributed by atoms with Crippen LogP contribution in [0.5, 0.6) is 0 Å². The minimum Gasteiger partial charge on any atom is -0.444 e. The third-order valence-electron chi connectivity index (χ3n) is 5.07. The van der Waals surface area contributed by atoms with Gasteiger partial charge in [-0.2, -0.15) is 0 Å². The van der Waals surface area contributed by atoms with Gasteiger partial charge >= 0.3 is 0 Å². The number of piperazine rings is 1. The number of rotatable bonds is 7. The molecule has 1 aliphatic rings. The molecule has 1 fully saturated rings. The first kappa shape index (κ1) is 21.1. The number of oxazole rings is 1. The van der Waals surface area contributed by atoms with Crippen LogP contribution in [0.1, 0.15) is 24.3 Å². The van der Waals surface area contributed by atoms with Crippen molar-refractivity contribution in [2.75, 3.05) is 50.7 Å². The summed E-state index contributed by atoms with van der Waals surface area (Å²) in [6.07, 6.45) is 0. The van der Waals surface area contributed by atoms with E-state index in [2.05, 4.69) is 30.4 Å². The van der Waals surface area contributed by atoms with Gasteiger partial charge in [-0.1, -0.05) is 0 Å². The average Bonchev–Trinajstić information content (AvgIpc) is 3.05. The van der Waals surface area contributed by atoms with Gasteiger partial charge in [-0.15, -0.1) is 0 Å². The van der Waals surface area contributed by atoms with Crippen molar-refractivity contribution in [1.82, 2.24) is 20.5 Å². The topological polar surface area (TPSA) is 68.9 Å². The summed E-state index contributed by atoms with van der Waals surface area (Å²) in [5.74, 6) is 2.05. The van der Waals surface area contributed by atoms with Crippen LogP contribution in [-0.2, 0) is 6.54 Å². The SMILES string of the molecule is CCNC(=NCc1nc(C)c(C)o1)NCCN1CCN(c2ccc(F)cc2)CC1. The van der Waals surface area contributed by atoms with Crippen LogP contribution in [0.15, 0.2) is 33.7 Å². The van der Waals surface area contributed by atoms with Gasteiger partial charge in [0.1, 0.15) is 18.1 Å². The largest absolute Gasteiger partial charge is 0.444 e. The molecule has 2 N–H and O–H groups in total. The van der Waals surface area contributed by atoms with E-state index in [1.807, 2.05) is 32.9 Å². The molecule has 0 aliphatic carbocycles. The molecule has 3 rings (SSSR count). The first-order chi connectivity index (χ1) is 14.0. The lowest BCUT2D eigenvalue weighted by Gasteiger charge is -2.36. The van der Waals surface area contributed by atoms with Crippen molar-refractivity contribution in [2.45, 2.75) is 27.3 Å². The Morgan fingerprint density at radius 1 is 1.14 bits per heavy atom. The quantitative estimate of drug-likeness (QED) is 0.547. The summed E-state index contributed by atoms with van der Waals surface area (Å²) in [5.41, 5.74) is 2.00. The van der Waals surface area contributed by atoms with Gasteiger partial charge in [-0.25, -0.2) is 14.4 Å². The maximum atomic E-state index is 13.1. The predicted octanol–water partition coefficient (Wildman–Crippen LogP) is 2.31. The molecule has 29 heavy (non-hydrogen) atoms. The molecule has 0 radical (unpaired) electrons.